The van der Waals surface area contributed by atoms with E-state index in [2.05, 4.69) is 53.8 Å². The fourth-order valence-electron chi connectivity index (χ4n) is 9.79. The summed E-state index contributed by atoms with van der Waals surface area (Å²) in [5.41, 5.74) is 5.03. The Hall–Kier alpha value is -3.88. The molecular weight excluding hydrogens is 735 g/mol. The number of ether oxygens (including phenoxy) is 2. The number of benzene rings is 3. The zero-order valence-corrected chi connectivity index (χ0v) is 35.5. The Morgan fingerprint density at radius 2 is 1.81 bits per heavy atom. The summed E-state index contributed by atoms with van der Waals surface area (Å²) in [6, 6.07) is 21.8. The molecule has 3 saturated carbocycles. The van der Waals surface area contributed by atoms with Gasteiger partial charge in [0.05, 0.1) is 39.0 Å². The summed E-state index contributed by atoms with van der Waals surface area (Å²) in [7, 11) is 5.59. The van der Waals surface area contributed by atoms with Gasteiger partial charge in [-0.15, -0.1) is 0 Å². The van der Waals surface area contributed by atoms with Gasteiger partial charge in [-0.1, -0.05) is 69.3 Å². The van der Waals surface area contributed by atoms with Crippen molar-refractivity contribution in [3.05, 3.63) is 89.0 Å². The molecule has 4 fully saturated rings. The summed E-state index contributed by atoms with van der Waals surface area (Å²) in [6.07, 6.45) is 0.965. The number of aliphatic hydroxyl groups excluding tert-OH is 2. The number of hydroxylamine groups is 2. The first-order valence-electron chi connectivity index (χ1n) is 20.8. The molecule has 1 saturated heterocycles. The lowest BCUT2D eigenvalue weighted by molar-refractivity contribution is -0.227. The van der Waals surface area contributed by atoms with E-state index in [-0.39, 0.29) is 44.3 Å². The van der Waals surface area contributed by atoms with Crippen LogP contribution in [0.5, 0.6) is 5.75 Å². The number of nitrogens with zero attached hydrogens (tertiary/aromatic N) is 2. The lowest BCUT2D eigenvalue weighted by Gasteiger charge is -2.62. The maximum absolute atomic E-state index is 14.1. The Morgan fingerprint density at radius 1 is 1.05 bits per heavy atom. The minimum absolute atomic E-state index is 0.145. The molecular formula is C46H65N5O7. The number of nitrogens with one attached hydrogen (secondary N) is 3. The van der Waals surface area contributed by atoms with Crippen LogP contribution in [0.1, 0.15) is 74.5 Å². The van der Waals surface area contributed by atoms with Crippen LogP contribution in [0.4, 0.5) is 0 Å². The molecule has 12 heteroatoms. The van der Waals surface area contributed by atoms with Crippen LogP contribution in [-0.4, -0.2) is 104 Å². The number of para-hydroxylation sites is 1. The zero-order chi connectivity index (χ0) is 41.7. The summed E-state index contributed by atoms with van der Waals surface area (Å²) < 4.78 is 12.6. The second kappa shape index (κ2) is 19.0. The van der Waals surface area contributed by atoms with E-state index in [1.54, 1.807) is 19.1 Å². The maximum atomic E-state index is 14.1. The van der Waals surface area contributed by atoms with E-state index in [0.29, 0.717) is 53.5 Å². The molecule has 7 rings (SSSR count). The van der Waals surface area contributed by atoms with Crippen molar-refractivity contribution in [3.63, 3.8) is 0 Å². The molecule has 3 aromatic carbocycles. The van der Waals surface area contributed by atoms with Crippen LogP contribution in [0.2, 0.25) is 0 Å². The van der Waals surface area contributed by atoms with E-state index in [4.69, 9.17) is 14.3 Å². The zero-order valence-electron chi connectivity index (χ0n) is 35.5. The van der Waals surface area contributed by atoms with Gasteiger partial charge in [0.25, 0.3) is 5.91 Å². The predicted molar refractivity (Wildman–Crippen MR) is 224 cm³/mol. The van der Waals surface area contributed by atoms with Crippen molar-refractivity contribution >= 4 is 11.8 Å². The molecule has 3 aliphatic carbocycles. The highest BCUT2D eigenvalue weighted by atomic mass is 16.7. The SMILES string of the molecule is COc1c(CN2O[C@@H](CO)[C@H]([C@H](C)O)[C@H]2OCN[C@H]2C[C@H]3C[C@@H]([C@@H]2C)C3(C)C)cccc1-c1cc(CNC(C)=O)cc(C(=O)N[C@@H](Cc2ccccc2)CN(C)C)c1. The number of methoxy groups -OCH3 is 1. The van der Waals surface area contributed by atoms with Crippen LogP contribution in [0, 0.1) is 29.1 Å². The highest BCUT2D eigenvalue weighted by Crippen LogP contribution is 2.61. The molecule has 1 aliphatic heterocycles. The molecule has 0 radical (unpaired) electrons. The standard InChI is InChI=1S/C46H65N5O7/c1-28-39-21-36(46(39,4)5)22-40(28)48-27-57-45-42(29(2)53)41(26-52)58-51(45)24-33-15-12-16-38(43(33)56-8)34-17-32(23-47-30(3)54)18-35(20-34)44(55)49-37(25-50(6)7)19-31-13-10-9-11-14-31/h9-18,20,28-29,36-37,39-42,45,48,52-53H,19,21-27H2,1-8H3,(H,47,54)(H,49,55)/t28-,29-,36+,37-,39-,40-,41-,42-,45+/m0/s1. The fraction of sp³-hybridized carbons (Fsp3) is 0.565. The third kappa shape index (κ3) is 9.93. The lowest BCUT2D eigenvalue weighted by Crippen LogP contribution is -2.60. The van der Waals surface area contributed by atoms with E-state index in [9.17, 15) is 19.8 Å². The Balaban J connectivity index is 1.25. The molecule has 2 bridgehead atoms. The molecule has 4 aliphatic rings. The molecule has 2 amide bonds. The highest BCUT2D eigenvalue weighted by molar-refractivity contribution is 5.96. The molecule has 0 aromatic heterocycles. The van der Waals surface area contributed by atoms with E-state index >= 15 is 0 Å². The van der Waals surface area contributed by atoms with Gasteiger partial charge in [0.15, 0.2) is 0 Å². The van der Waals surface area contributed by atoms with Gasteiger partial charge >= 0.3 is 0 Å². The number of carbonyl (C=O) groups excluding carboxylic acids is 2. The minimum Gasteiger partial charge on any atom is -0.496 e. The number of aliphatic hydroxyl groups is 2. The van der Waals surface area contributed by atoms with Crippen molar-refractivity contribution in [3.8, 4) is 16.9 Å². The van der Waals surface area contributed by atoms with Crippen molar-refractivity contribution in [1.29, 1.82) is 0 Å². The molecule has 58 heavy (non-hydrogen) atoms. The van der Waals surface area contributed by atoms with Gasteiger partial charge in [0.2, 0.25) is 5.91 Å². The van der Waals surface area contributed by atoms with Crippen molar-refractivity contribution in [2.45, 2.75) is 97.5 Å². The van der Waals surface area contributed by atoms with Gasteiger partial charge in [-0.2, -0.15) is 5.06 Å². The summed E-state index contributed by atoms with van der Waals surface area (Å²) in [4.78, 5) is 34.4. The normalized spacial score (nSPS) is 26.2. The van der Waals surface area contributed by atoms with Gasteiger partial charge < -0.3 is 35.2 Å². The number of carbonyl (C=O) groups is 2. The second-order valence-corrected chi connectivity index (χ2v) is 17.6. The van der Waals surface area contributed by atoms with Crippen LogP contribution < -0.4 is 20.7 Å². The number of hydrogen-bond acceptors (Lipinski definition) is 10. The maximum Gasteiger partial charge on any atom is 0.251 e. The van der Waals surface area contributed by atoms with Gasteiger partial charge in [0.1, 0.15) is 18.1 Å². The summed E-state index contributed by atoms with van der Waals surface area (Å²) in [6.45, 7) is 11.4. The van der Waals surface area contributed by atoms with E-state index in [1.165, 1.54) is 13.3 Å². The third-order valence-electron chi connectivity index (χ3n) is 13.0. The van der Waals surface area contributed by atoms with Gasteiger partial charge in [-0.25, -0.2) is 0 Å². The molecule has 316 valence electrons. The molecule has 1 heterocycles. The average Bonchev–Trinajstić information content (AvgIpc) is 3.54. The lowest BCUT2D eigenvalue weighted by atomic mass is 9.45. The molecule has 0 spiro atoms. The van der Waals surface area contributed by atoms with Crippen LogP contribution in [0.25, 0.3) is 11.1 Å². The number of likely N-dealkylation sites (N-methyl/N-ethyl adjacent to an activating group) is 1. The smallest absolute Gasteiger partial charge is 0.251 e. The number of hydrogen-bond donors (Lipinski definition) is 5. The van der Waals surface area contributed by atoms with Crippen molar-refractivity contribution < 1.29 is 34.1 Å². The van der Waals surface area contributed by atoms with Crippen molar-refractivity contribution in [2.75, 3.05) is 41.1 Å². The van der Waals surface area contributed by atoms with E-state index in [1.807, 2.05) is 68.7 Å². The summed E-state index contributed by atoms with van der Waals surface area (Å²) in [5.74, 6) is 1.62. The third-order valence-corrected chi connectivity index (χ3v) is 13.0. The molecule has 0 unspecified atom stereocenters. The quantitative estimate of drug-likeness (QED) is 0.112. The van der Waals surface area contributed by atoms with Crippen LogP contribution in [0.15, 0.2) is 66.7 Å². The molecule has 12 nitrogen and oxygen atoms in total. The number of fused-ring (bicyclic) bond motifs is 2. The monoisotopic (exact) mass is 799 g/mol. The number of amides is 2. The number of rotatable bonds is 18. The van der Waals surface area contributed by atoms with Crippen molar-refractivity contribution in [2.24, 2.45) is 29.1 Å². The Bertz CT molecular complexity index is 1860. The molecule has 9 atom stereocenters. The Kier molecular flexibility index (Phi) is 14.3. The van der Waals surface area contributed by atoms with Crippen molar-refractivity contribution in [1.82, 2.24) is 25.9 Å². The molecule has 3 aromatic rings. The Labute approximate surface area is 344 Å². The predicted octanol–water partition coefficient (Wildman–Crippen LogP) is 4.97. The van der Waals surface area contributed by atoms with Crippen LogP contribution in [-0.2, 0) is 33.9 Å². The van der Waals surface area contributed by atoms with E-state index < -0.39 is 24.4 Å². The minimum atomic E-state index is -0.802. The van der Waals surface area contributed by atoms with Crippen LogP contribution >= 0.6 is 0 Å². The highest BCUT2D eigenvalue weighted by Gasteiger charge is 2.56. The van der Waals surface area contributed by atoms with Gasteiger partial charge in [-0.05, 0) is 98.3 Å². The summed E-state index contributed by atoms with van der Waals surface area (Å²) in [5, 5.41) is 32.8. The average molecular weight is 800 g/mol. The first-order chi connectivity index (χ1) is 27.7. The van der Waals surface area contributed by atoms with Gasteiger partial charge in [0, 0.05) is 48.8 Å². The topological polar surface area (TPSA) is 145 Å². The first-order valence-corrected chi connectivity index (χ1v) is 20.8. The largest absolute Gasteiger partial charge is 0.496 e. The fourth-order valence-corrected chi connectivity index (χ4v) is 9.79. The molecule has 5 N–H and O–H groups in total. The van der Waals surface area contributed by atoms with Gasteiger partial charge in [-0.3, -0.25) is 19.7 Å². The second-order valence-electron chi connectivity index (χ2n) is 17.6. The van der Waals surface area contributed by atoms with Crippen LogP contribution in [0.3, 0.4) is 0 Å². The van der Waals surface area contributed by atoms with E-state index in [0.717, 1.165) is 34.2 Å². The Morgan fingerprint density at radius 3 is 2.45 bits per heavy atom. The first kappa shape index (κ1) is 43.7. The summed E-state index contributed by atoms with van der Waals surface area (Å²) >= 11 is 0.